The molecule has 0 aliphatic heterocycles. The lowest BCUT2D eigenvalue weighted by atomic mass is 10.2. The van der Waals surface area contributed by atoms with Crippen LogP contribution in [0.25, 0.3) is 0 Å². The third-order valence-corrected chi connectivity index (χ3v) is 3.93. The lowest BCUT2D eigenvalue weighted by Crippen LogP contribution is -2.35. The highest BCUT2D eigenvalue weighted by molar-refractivity contribution is 7.11. The van der Waals surface area contributed by atoms with Gasteiger partial charge in [0.25, 0.3) is 0 Å². The Balaban J connectivity index is 2.37. The van der Waals surface area contributed by atoms with Gasteiger partial charge in [0.15, 0.2) is 0 Å². The van der Waals surface area contributed by atoms with Gasteiger partial charge in [-0.1, -0.05) is 20.8 Å². The molecule has 1 atom stereocenters. The first kappa shape index (κ1) is 17.6. The summed E-state index contributed by atoms with van der Waals surface area (Å²) in [7, 11) is 0. The van der Waals surface area contributed by atoms with E-state index in [2.05, 4.69) is 44.7 Å². The first-order valence-electron chi connectivity index (χ1n) is 7.54. The van der Waals surface area contributed by atoms with Gasteiger partial charge in [0.05, 0.1) is 12.7 Å². The molecule has 0 bridgehead atoms. The summed E-state index contributed by atoms with van der Waals surface area (Å²) in [6.45, 7) is 12.3. The average Bonchev–Trinajstić information content (AvgIpc) is 2.74. The monoisotopic (exact) mass is 299 g/mol. The first-order chi connectivity index (χ1) is 9.51. The summed E-state index contributed by atoms with van der Waals surface area (Å²) in [5.41, 5.74) is 0. The van der Waals surface area contributed by atoms with Crippen LogP contribution in [0.5, 0.6) is 0 Å². The van der Waals surface area contributed by atoms with E-state index in [4.69, 9.17) is 4.74 Å². The Morgan fingerprint density at radius 3 is 2.60 bits per heavy atom. The molecule has 0 aromatic carbocycles. The van der Waals surface area contributed by atoms with Crippen molar-refractivity contribution in [2.24, 2.45) is 5.92 Å². The summed E-state index contributed by atoms with van der Waals surface area (Å²) < 4.78 is 5.52. The van der Waals surface area contributed by atoms with E-state index in [1.54, 1.807) is 0 Å². The molecule has 1 rings (SSSR count). The third-order valence-electron chi connectivity index (χ3n) is 2.95. The van der Waals surface area contributed by atoms with Crippen molar-refractivity contribution in [3.8, 4) is 0 Å². The Morgan fingerprint density at radius 1 is 1.30 bits per heavy atom. The SMILES string of the molecule is CCCN(Cc1ccc(C)s1)C[C@H](O)COCC(C)C. The number of aliphatic hydroxyl groups excluding tert-OH is 1. The Hall–Kier alpha value is -0.420. The van der Waals surface area contributed by atoms with E-state index >= 15 is 0 Å². The van der Waals surface area contributed by atoms with Crippen LogP contribution in [-0.2, 0) is 11.3 Å². The number of hydrogen-bond donors (Lipinski definition) is 1. The van der Waals surface area contributed by atoms with Gasteiger partial charge >= 0.3 is 0 Å². The summed E-state index contributed by atoms with van der Waals surface area (Å²) in [5.74, 6) is 0.517. The average molecular weight is 299 g/mol. The van der Waals surface area contributed by atoms with Gasteiger partial charge in [-0.2, -0.15) is 0 Å². The Kier molecular flexibility index (Phi) is 8.38. The van der Waals surface area contributed by atoms with Gasteiger partial charge < -0.3 is 9.84 Å². The predicted octanol–water partition coefficient (Wildman–Crippen LogP) is 3.30. The zero-order valence-corrected chi connectivity index (χ0v) is 14.1. The number of aryl methyl sites for hydroxylation is 1. The minimum atomic E-state index is -0.402. The lowest BCUT2D eigenvalue weighted by molar-refractivity contribution is 0.00706. The van der Waals surface area contributed by atoms with Gasteiger partial charge in [-0.3, -0.25) is 4.90 Å². The molecule has 4 heteroatoms. The van der Waals surface area contributed by atoms with Gasteiger partial charge in [0.1, 0.15) is 0 Å². The molecule has 0 saturated carbocycles. The van der Waals surface area contributed by atoms with E-state index in [0.29, 0.717) is 19.1 Å². The Bertz CT molecular complexity index is 365. The second-order valence-corrected chi connectivity index (χ2v) is 7.21. The van der Waals surface area contributed by atoms with Crippen LogP contribution in [0.1, 0.15) is 36.9 Å². The third kappa shape index (κ3) is 7.39. The molecule has 3 nitrogen and oxygen atoms in total. The molecule has 0 fully saturated rings. The van der Waals surface area contributed by atoms with Crippen LogP contribution in [0, 0.1) is 12.8 Å². The largest absolute Gasteiger partial charge is 0.389 e. The second kappa shape index (κ2) is 9.50. The van der Waals surface area contributed by atoms with Crippen LogP contribution in [-0.4, -0.2) is 42.4 Å². The van der Waals surface area contributed by atoms with Crippen molar-refractivity contribution in [1.82, 2.24) is 4.90 Å². The maximum atomic E-state index is 10.1. The van der Waals surface area contributed by atoms with Gasteiger partial charge in [0.2, 0.25) is 0 Å². The smallest absolute Gasteiger partial charge is 0.0900 e. The van der Waals surface area contributed by atoms with Crippen molar-refractivity contribution in [2.75, 3.05) is 26.3 Å². The Morgan fingerprint density at radius 2 is 2.05 bits per heavy atom. The fourth-order valence-electron chi connectivity index (χ4n) is 2.13. The zero-order valence-electron chi connectivity index (χ0n) is 13.3. The highest BCUT2D eigenvalue weighted by atomic mass is 32.1. The highest BCUT2D eigenvalue weighted by Gasteiger charge is 2.13. The van der Waals surface area contributed by atoms with Crippen molar-refractivity contribution in [3.05, 3.63) is 21.9 Å². The standard InChI is InChI=1S/C16H29NO2S/c1-5-8-17(10-16-7-6-14(4)20-16)9-15(18)12-19-11-13(2)3/h6-7,13,15,18H,5,8-12H2,1-4H3/t15-/m0/s1. The molecule has 0 unspecified atom stereocenters. The van der Waals surface area contributed by atoms with E-state index < -0.39 is 6.10 Å². The maximum absolute atomic E-state index is 10.1. The molecular weight excluding hydrogens is 270 g/mol. The molecule has 0 radical (unpaired) electrons. The van der Waals surface area contributed by atoms with E-state index in [9.17, 15) is 5.11 Å². The van der Waals surface area contributed by atoms with Crippen molar-refractivity contribution in [3.63, 3.8) is 0 Å². The quantitative estimate of drug-likeness (QED) is 0.719. The fraction of sp³-hybridized carbons (Fsp3) is 0.750. The summed E-state index contributed by atoms with van der Waals surface area (Å²) in [5, 5.41) is 10.1. The minimum absolute atomic E-state index is 0.402. The summed E-state index contributed by atoms with van der Waals surface area (Å²) >= 11 is 1.84. The molecule has 1 N–H and O–H groups in total. The van der Waals surface area contributed by atoms with Gasteiger partial charge in [-0.05, 0) is 37.9 Å². The topological polar surface area (TPSA) is 32.7 Å². The highest BCUT2D eigenvalue weighted by Crippen LogP contribution is 2.17. The molecule has 0 amide bonds. The molecule has 0 saturated heterocycles. The second-order valence-electron chi connectivity index (χ2n) is 5.83. The number of aliphatic hydroxyl groups is 1. The van der Waals surface area contributed by atoms with Crippen molar-refractivity contribution >= 4 is 11.3 Å². The van der Waals surface area contributed by atoms with E-state index in [0.717, 1.165) is 26.1 Å². The first-order valence-corrected chi connectivity index (χ1v) is 8.36. The van der Waals surface area contributed by atoms with Crippen LogP contribution >= 0.6 is 11.3 Å². The molecule has 20 heavy (non-hydrogen) atoms. The van der Waals surface area contributed by atoms with Crippen molar-refractivity contribution in [1.29, 1.82) is 0 Å². The summed E-state index contributed by atoms with van der Waals surface area (Å²) in [6.07, 6.45) is 0.700. The van der Waals surface area contributed by atoms with E-state index in [1.165, 1.54) is 9.75 Å². The fourth-order valence-corrected chi connectivity index (χ4v) is 3.06. The van der Waals surface area contributed by atoms with Crippen molar-refractivity contribution < 1.29 is 9.84 Å². The molecule has 0 spiro atoms. The van der Waals surface area contributed by atoms with Gasteiger partial charge in [0, 0.05) is 29.5 Å². The molecule has 1 aromatic heterocycles. The normalized spacial score (nSPS) is 13.3. The molecule has 1 aromatic rings. The van der Waals surface area contributed by atoms with Crippen LogP contribution in [0.2, 0.25) is 0 Å². The predicted molar refractivity (Wildman–Crippen MR) is 86.3 cm³/mol. The summed E-state index contributed by atoms with van der Waals surface area (Å²) in [6, 6.07) is 4.34. The van der Waals surface area contributed by atoms with Gasteiger partial charge in [-0.25, -0.2) is 0 Å². The molecule has 0 aliphatic carbocycles. The van der Waals surface area contributed by atoms with Crippen LogP contribution in [0.4, 0.5) is 0 Å². The summed E-state index contributed by atoms with van der Waals surface area (Å²) in [4.78, 5) is 5.03. The molecule has 1 heterocycles. The van der Waals surface area contributed by atoms with E-state index in [-0.39, 0.29) is 0 Å². The number of rotatable bonds is 10. The zero-order chi connectivity index (χ0) is 15.0. The molecule has 116 valence electrons. The van der Waals surface area contributed by atoms with E-state index in [1.807, 2.05) is 11.3 Å². The van der Waals surface area contributed by atoms with Crippen LogP contribution in [0.15, 0.2) is 12.1 Å². The Labute approximate surface area is 127 Å². The molecule has 0 aliphatic rings. The minimum Gasteiger partial charge on any atom is -0.389 e. The number of thiophene rings is 1. The van der Waals surface area contributed by atoms with Crippen LogP contribution in [0.3, 0.4) is 0 Å². The van der Waals surface area contributed by atoms with Crippen molar-refractivity contribution in [2.45, 2.75) is 46.8 Å². The number of ether oxygens (including phenoxy) is 1. The maximum Gasteiger partial charge on any atom is 0.0900 e. The van der Waals surface area contributed by atoms with Crippen LogP contribution < -0.4 is 0 Å². The lowest BCUT2D eigenvalue weighted by Gasteiger charge is -2.24. The number of hydrogen-bond acceptors (Lipinski definition) is 4. The molecular formula is C16H29NO2S. The van der Waals surface area contributed by atoms with Gasteiger partial charge in [-0.15, -0.1) is 11.3 Å². The number of nitrogens with zero attached hydrogens (tertiary/aromatic N) is 1.